The Bertz CT molecular complexity index is 391. The molecule has 0 bridgehead atoms. The van der Waals surface area contributed by atoms with Crippen LogP contribution in [0.5, 0.6) is 0 Å². The maximum atomic E-state index is 12.3. The first-order valence-corrected chi connectivity index (χ1v) is 7.15. The number of hydrogen-bond acceptors (Lipinski definition) is 4. The highest BCUT2D eigenvalue weighted by Gasteiger charge is 2.54. The molecule has 1 atom stereocenters. The molecule has 1 saturated carbocycles. The molecule has 0 aromatic carbocycles. The molecular formula is C16H24O4. The van der Waals surface area contributed by atoms with Gasteiger partial charge in [0.1, 0.15) is 0 Å². The van der Waals surface area contributed by atoms with Crippen LogP contribution in [0.3, 0.4) is 0 Å². The molecule has 0 N–H and O–H groups in total. The number of allylic oxidation sites excluding steroid dienone is 3. The summed E-state index contributed by atoms with van der Waals surface area (Å²) < 4.78 is 10.2. The molecule has 0 heterocycles. The van der Waals surface area contributed by atoms with E-state index >= 15 is 0 Å². The molecular weight excluding hydrogens is 256 g/mol. The second-order valence-corrected chi connectivity index (χ2v) is 5.06. The molecule has 112 valence electrons. The second kappa shape index (κ2) is 7.27. The van der Waals surface area contributed by atoms with Crippen molar-refractivity contribution < 1.29 is 19.1 Å². The summed E-state index contributed by atoms with van der Waals surface area (Å²) in [5.74, 6) is -0.842. The molecule has 0 spiro atoms. The minimum Gasteiger partial charge on any atom is -0.465 e. The first kappa shape index (κ1) is 16.5. The SMILES string of the molecule is C=C1CC(C(=O)OCC)(C(=O)OCC)C[C@@H]1C/C=C/C. The van der Waals surface area contributed by atoms with Gasteiger partial charge in [-0.3, -0.25) is 9.59 Å². The number of hydrogen-bond donors (Lipinski definition) is 0. The van der Waals surface area contributed by atoms with E-state index in [0.29, 0.717) is 12.8 Å². The minimum atomic E-state index is -1.20. The Morgan fingerprint density at radius 1 is 1.30 bits per heavy atom. The predicted molar refractivity (Wildman–Crippen MR) is 77.0 cm³/mol. The largest absolute Gasteiger partial charge is 0.465 e. The van der Waals surface area contributed by atoms with E-state index in [4.69, 9.17) is 9.47 Å². The van der Waals surface area contributed by atoms with Gasteiger partial charge in [0.2, 0.25) is 0 Å². The average molecular weight is 280 g/mol. The molecule has 1 fully saturated rings. The van der Waals surface area contributed by atoms with Crippen molar-refractivity contribution >= 4 is 11.9 Å². The second-order valence-electron chi connectivity index (χ2n) is 5.06. The number of rotatable bonds is 6. The topological polar surface area (TPSA) is 52.6 Å². The van der Waals surface area contributed by atoms with Crippen LogP contribution in [0.1, 0.15) is 40.0 Å². The van der Waals surface area contributed by atoms with E-state index in [9.17, 15) is 9.59 Å². The number of ether oxygens (including phenoxy) is 2. The lowest BCUT2D eigenvalue weighted by atomic mass is 9.84. The molecule has 4 heteroatoms. The van der Waals surface area contributed by atoms with Crippen molar-refractivity contribution in [2.45, 2.75) is 40.0 Å². The lowest BCUT2D eigenvalue weighted by molar-refractivity contribution is -0.171. The van der Waals surface area contributed by atoms with Crippen LogP contribution in [0.2, 0.25) is 0 Å². The highest BCUT2D eigenvalue weighted by molar-refractivity contribution is 6.01. The first-order valence-electron chi connectivity index (χ1n) is 7.15. The Morgan fingerprint density at radius 3 is 2.30 bits per heavy atom. The zero-order chi connectivity index (χ0) is 15.2. The Kier molecular flexibility index (Phi) is 5.99. The molecule has 0 saturated heterocycles. The highest BCUT2D eigenvalue weighted by Crippen LogP contribution is 2.48. The van der Waals surface area contributed by atoms with E-state index in [0.717, 1.165) is 12.0 Å². The third-order valence-electron chi connectivity index (χ3n) is 3.69. The molecule has 0 unspecified atom stereocenters. The fourth-order valence-electron chi connectivity index (χ4n) is 2.65. The van der Waals surface area contributed by atoms with Crippen molar-refractivity contribution in [2.24, 2.45) is 11.3 Å². The summed E-state index contributed by atoms with van der Waals surface area (Å²) in [6.45, 7) is 9.95. The van der Waals surface area contributed by atoms with Gasteiger partial charge in [0, 0.05) is 0 Å². The summed E-state index contributed by atoms with van der Waals surface area (Å²) in [6.07, 6.45) is 5.53. The lowest BCUT2D eigenvalue weighted by Crippen LogP contribution is -2.40. The molecule has 1 rings (SSSR count). The number of carbonyl (C=O) groups is 2. The Morgan fingerprint density at radius 2 is 1.85 bits per heavy atom. The van der Waals surface area contributed by atoms with Crippen LogP contribution in [0.15, 0.2) is 24.3 Å². The van der Waals surface area contributed by atoms with Gasteiger partial charge in [-0.1, -0.05) is 24.3 Å². The Balaban J connectivity index is 2.99. The van der Waals surface area contributed by atoms with Crippen LogP contribution in [0.4, 0.5) is 0 Å². The average Bonchev–Trinajstić information content (AvgIpc) is 2.75. The van der Waals surface area contributed by atoms with Crippen LogP contribution in [-0.4, -0.2) is 25.2 Å². The molecule has 0 aliphatic heterocycles. The molecule has 0 radical (unpaired) electrons. The van der Waals surface area contributed by atoms with Crippen LogP contribution in [0, 0.1) is 11.3 Å². The van der Waals surface area contributed by atoms with Gasteiger partial charge in [0.15, 0.2) is 5.41 Å². The summed E-state index contributed by atoms with van der Waals surface area (Å²) in [5, 5.41) is 0. The van der Waals surface area contributed by atoms with Gasteiger partial charge >= 0.3 is 11.9 Å². The molecule has 1 aliphatic rings. The number of esters is 2. The summed E-state index contributed by atoms with van der Waals surface area (Å²) in [5.41, 5.74) is -0.278. The van der Waals surface area contributed by atoms with Crippen LogP contribution in [0.25, 0.3) is 0 Å². The monoisotopic (exact) mass is 280 g/mol. The van der Waals surface area contributed by atoms with Crippen LogP contribution < -0.4 is 0 Å². The highest BCUT2D eigenvalue weighted by atomic mass is 16.6. The van der Waals surface area contributed by atoms with Crippen LogP contribution >= 0.6 is 0 Å². The van der Waals surface area contributed by atoms with Gasteiger partial charge in [-0.05, 0) is 46.0 Å². The molecule has 0 aromatic heterocycles. The van der Waals surface area contributed by atoms with Gasteiger partial charge in [-0.2, -0.15) is 0 Å². The lowest BCUT2D eigenvalue weighted by Gasteiger charge is -2.24. The summed E-state index contributed by atoms with van der Waals surface area (Å²) in [6, 6.07) is 0. The van der Waals surface area contributed by atoms with Crippen molar-refractivity contribution in [2.75, 3.05) is 13.2 Å². The van der Waals surface area contributed by atoms with E-state index < -0.39 is 17.4 Å². The summed E-state index contributed by atoms with van der Waals surface area (Å²) >= 11 is 0. The fraction of sp³-hybridized carbons (Fsp3) is 0.625. The van der Waals surface area contributed by atoms with Crippen molar-refractivity contribution in [1.29, 1.82) is 0 Å². The smallest absolute Gasteiger partial charge is 0.323 e. The fourth-order valence-corrected chi connectivity index (χ4v) is 2.65. The molecule has 20 heavy (non-hydrogen) atoms. The van der Waals surface area contributed by atoms with Crippen molar-refractivity contribution in [3.05, 3.63) is 24.3 Å². The zero-order valence-corrected chi connectivity index (χ0v) is 12.6. The van der Waals surface area contributed by atoms with Crippen molar-refractivity contribution in [1.82, 2.24) is 0 Å². The Hall–Kier alpha value is -1.58. The van der Waals surface area contributed by atoms with Gasteiger partial charge in [0.05, 0.1) is 13.2 Å². The zero-order valence-electron chi connectivity index (χ0n) is 12.6. The van der Waals surface area contributed by atoms with Gasteiger partial charge < -0.3 is 9.47 Å². The van der Waals surface area contributed by atoms with Crippen molar-refractivity contribution in [3.63, 3.8) is 0 Å². The normalized spacial score (nSPS) is 21.1. The summed E-state index contributed by atoms with van der Waals surface area (Å²) in [7, 11) is 0. The molecule has 1 aliphatic carbocycles. The minimum absolute atomic E-state index is 0.125. The van der Waals surface area contributed by atoms with Gasteiger partial charge in [-0.25, -0.2) is 0 Å². The maximum Gasteiger partial charge on any atom is 0.323 e. The van der Waals surface area contributed by atoms with E-state index in [2.05, 4.69) is 6.58 Å². The summed E-state index contributed by atoms with van der Waals surface area (Å²) in [4.78, 5) is 24.5. The van der Waals surface area contributed by atoms with Crippen LogP contribution in [-0.2, 0) is 19.1 Å². The quantitative estimate of drug-likeness (QED) is 0.426. The maximum absolute atomic E-state index is 12.3. The van der Waals surface area contributed by atoms with Gasteiger partial charge in [-0.15, -0.1) is 0 Å². The van der Waals surface area contributed by atoms with E-state index in [1.807, 2.05) is 19.1 Å². The standard InChI is InChI=1S/C16H24O4/c1-5-8-9-13-11-16(10-12(13)4,14(17)19-6-2)15(18)20-7-3/h5,8,13H,4,6-7,9-11H2,1-3H3/b8-5+/t13-/m0/s1. The van der Waals surface area contributed by atoms with Gasteiger partial charge in [0.25, 0.3) is 0 Å². The number of carbonyl (C=O) groups excluding carboxylic acids is 2. The third-order valence-corrected chi connectivity index (χ3v) is 3.69. The van der Waals surface area contributed by atoms with Crippen molar-refractivity contribution in [3.8, 4) is 0 Å². The molecule has 0 aromatic rings. The molecule has 0 amide bonds. The van der Waals surface area contributed by atoms with E-state index in [1.54, 1.807) is 13.8 Å². The predicted octanol–water partition coefficient (Wildman–Crippen LogP) is 3.03. The molecule has 4 nitrogen and oxygen atoms in total. The van der Waals surface area contributed by atoms with E-state index in [1.165, 1.54) is 0 Å². The Labute approximate surface area is 120 Å². The van der Waals surface area contributed by atoms with E-state index in [-0.39, 0.29) is 19.1 Å². The third kappa shape index (κ3) is 3.30. The first-order chi connectivity index (χ1) is 9.51.